The average molecular weight is 480 g/mol. The summed E-state index contributed by atoms with van der Waals surface area (Å²) in [5.41, 5.74) is 1.18. The van der Waals surface area contributed by atoms with Gasteiger partial charge in [0.2, 0.25) is 0 Å². The third kappa shape index (κ3) is 3.90. The summed E-state index contributed by atoms with van der Waals surface area (Å²) in [4.78, 5) is 50.0. The van der Waals surface area contributed by atoms with Gasteiger partial charge in [0.1, 0.15) is 5.57 Å². The number of carboxylic acids is 1. The minimum absolute atomic E-state index is 0.0997. The van der Waals surface area contributed by atoms with E-state index in [2.05, 4.69) is 21.2 Å². The van der Waals surface area contributed by atoms with Crippen LogP contribution < -0.4 is 10.2 Å². The normalized spacial score (nSPS) is 15.3. The van der Waals surface area contributed by atoms with Crippen molar-refractivity contribution >= 4 is 51.5 Å². The Labute approximate surface area is 184 Å². The van der Waals surface area contributed by atoms with E-state index in [9.17, 15) is 24.3 Å². The highest BCUT2D eigenvalue weighted by atomic mass is 79.9. The Morgan fingerprint density at radius 2 is 1.71 bits per heavy atom. The van der Waals surface area contributed by atoms with Crippen LogP contribution in [0.3, 0.4) is 0 Å². The molecule has 1 aromatic heterocycles. The van der Waals surface area contributed by atoms with E-state index in [-0.39, 0.29) is 11.1 Å². The third-order valence-electron chi connectivity index (χ3n) is 4.61. The van der Waals surface area contributed by atoms with Crippen molar-refractivity contribution in [3.8, 4) is 5.69 Å². The van der Waals surface area contributed by atoms with Gasteiger partial charge >= 0.3 is 12.0 Å². The summed E-state index contributed by atoms with van der Waals surface area (Å²) < 4.78 is 2.31. The van der Waals surface area contributed by atoms with Crippen LogP contribution in [0.15, 0.2) is 76.9 Å². The number of imide groups is 2. The fourth-order valence-corrected chi connectivity index (χ4v) is 3.58. The molecule has 0 aliphatic carbocycles. The first kappa shape index (κ1) is 20.3. The molecule has 31 heavy (non-hydrogen) atoms. The zero-order valence-corrected chi connectivity index (χ0v) is 17.4. The van der Waals surface area contributed by atoms with Crippen LogP contribution >= 0.6 is 15.9 Å². The Hall–Kier alpha value is -3.98. The standard InChI is InChI=1S/C22H14BrN3O5/c23-14-5-2-7-17(11-14)26-20(28)18(19(27)24-22(26)31)12-16-8-3-9-25(16)15-6-1-4-13(10-15)21(29)30/h1-12H,(H,29,30)(H,24,27,31)/b18-12+. The highest BCUT2D eigenvalue weighted by molar-refractivity contribution is 9.10. The fraction of sp³-hybridized carbons (Fsp3) is 0. The number of rotatable bonds is 4. The van der Waals surface area contributed by atoms with E-state index in [4.69, 9.17) is 0 Å². The molecule has 0 radical (unpaired) electrons. The van der Waals surface area contributed by atoms with Crippen LogP contribution in [0.1, 0.15) is 16.1 Å². The van der Waals surface area contributed by atoms with Gasteiger partial charge in [-0.2, -0.15) is 0 Å². The lowest BCUT2D eigenvalue weighted by Gasteiger charge is -2.26. The van der Waals surface area contributed by atoms with Crippen molar-refractivity contribution in [1.82, 2.24) is 9.88 Å². The molecule has 1 aliphatic heterocycles. The van der Waals surface area contributed by atoms with Gasteiger partial charge in [-0.15, -0.1) is 0 Å². The summed E-state index contributed by atoms with van der Waals surface area (Å²) in [6, 6.07) is 15.4. The first-order chi connectivity index (χ1) is 14.8. The predicted molar refractivity (Wildman–Crippen MR) is 116 cm³/mol. The Kier molecular flexibility index (Phi) is 5.26. The number of halogens is 1. The van der Waals surface area contributed by atoms with Crippen molar-refractivity contribution < 1.29 is 24.3 Å². The minimum Gasteiger partial charge on any atom is -0.478 e. The van der Waals surface area contributed by atoms with E-state index in [0.29, 0.717) is 21.5 Å². The molecule has 0 bridgehead atoms. The van der Waals surface area contributed by atoms with Crippen molar-refractivity contribution in [3.63, 3.8) is 0 Å². The first-order valence-electron chi connectivity index (χ1n) is 9.03. The summed E-state index contributed by atoms with van der Waals surface area (Å²) in [5.74, 6) is -2.65. The number of aromatic carboxylic acids is 1. The number of carbonyl (C=O) groups is 4. The molecule has 0 unspecified atom stereocenters. The molecule has 1 saturated heterocycles. The van der Waals surface area contributed by atoms with Crippen LogP contribution in [0.4, 0.5) is 10.5 Å². The molecule has 0 saturated carbocycles. The van der Waals surface area contributed by atoms with Crippen molar-refractivity contribution in [2.24, 2.45) is 0 Å². The summed E-state index contributed by atoms with van der Waals surface area (Å²) in [6.45, 7) is 0. The van der Waals surface area contributed by atoms with Gasteiger partial charge in [0.25, 0.3) is 11.8 Å². The molecule has 1 fully saturated rings. The van der Waals surface area contributed by atoms with Crippen LogP contribution in [0.25, 0.3) is 11.8 Å². The number of hydrogen-bond acceptors (Lipinski definition) is 4. The number of carbonyl (C=O) groups excluding carboxylic acids is 3. The summed E-state index contributed by atoms with van der Waals surface area (Å²) >= 11 is 3.30. The van der Waals surface area contributed by atoms with Gasteiger partial charge in [0.05, 0.1) is 11.3 Å². The lowest BCUT2D eigenvalue weighted by atomic mass is 10.1. The number of benzene rings is 2. The number of nitrogens with one attached hydrogen (secondary N) is 1. The average Bonchev–Trinajstić information content (AvgIpc) is 3.19. The molecule has 1 aliphatic rings. The number of urea groups is 1. The molecule has 2 aromatic carbocycles. The van der Waals surface area contributed by atoms with Crippen molar-refractivity contribution in [2.75, 3.05) is 4.90 Å². The van der Waals surface area contributed by atoms with E-state index in [1.807, 2.05) is 0 Å². The Balaban J connectivity index is 1.75. The van der Waals surface area contributed by atoms with Gasteiger partial charge in [-0.25, -0.2) is 14.5 Å². The highest BCUT2D eigenvalue weighted by Gasteiger charge is 2.37. The minimum atomic E-state index is -1.07. The van der Waals surface area contributed by atoms with Crippen molar-refractivity contribution in [2.45, 2.75) is 0 Å². The Morgan fingerprint density at radius 1 is 0.968 bits per heavy atom. The molecular weight excluding hydrogens is 466 g/mol. The SMILES string of the molecule is O=C1NC(=O)N(c2cccc(Br)c2)C(=O)/C1=C/c1cccn1-c1cccc(C(=O)O)c1. The van der Waals surface area contributed by atoms with E-state index in [0.717, 1.165) is 4.90 Å². The molecule has 9 heteroatoms. The molecule has 2 N–H and O–H groups in total. The maximum absolute atomic E-state index is 13.0. The van der Waals surface area contributed by atoms with Gasteiger partial charge in [0, 0.05) is 22.1 Å². The molecule has 4 rings (SSSR count). The van der Waals surface area contributed by atoms with Crippen LogP contribution in [0.2, 0.25) is 0 Å². The van der Waals surface area contributed by atoms with Crippen LogP contribution in [-0.4, -0.2) is 33.5 Å². The largest absolute Gasteiger partial charge is 0.478 e. The van der Waals surface area contributed by atoms with E-state index in [1.54, 1.807) is 59.3 Å². The molecule has 3 aromatic rings. The maximum Gasteiger partial charge on any atom is 0.335 e. The van der Waals surface area contributed by atoms with Gasteiger partial charge < -0.3 is 9.67 Å². The summed E-state index contributed by atoms with van der Waals surface area (Å²) in [5, 5.41) is 11.4. The van der Waals surface area contributed by atoms with Crippen molar-refractivity contribution in [3.05, 3.63) is 88.2 Å². The predicted octanol–water partition coefficient (Wildman–Crippen LogP) is 3.60. The summed E-state index contributed by atoms with van der Waals surface area (Å²) in [7, 11) is 0. The lowest BCUT2D eigenvalue weighted by molar-refractivity contribution is -0.122. The van der Waals surface area contributed by atoms with Gasteiger partial charge in [-0.05, 0) is 54.6 Å². The smallest absolute Gasteiger partial charge is 0.335 e. The zero-order chi connectivity index (χ0) is 22.1. The van der Waals surface area contributed by atoms with E-state index in [1.165, 1.54) is 18.2 Å². The van der Waals surface area contributed by atoms with Crippen molar-refractivity contribution in [1.29, 1.82) is 0 Å². The zero-order valence-electron chi connectivity index (χ0n) is 15.8. The van der Waals surface area contributed by atoms with Crippen LogP contribution in [0.5, 0.6) is 0 Å². The number of nitrogens with zero attached hydrogens (tertiary/aromatic N) is 2. The monoisotopic (exact) mass is 479 g/mol. The lowest BCUT2D eigenvalue weighted by Crippen LogP contribution is -2.54. The molecule has 8 nitrogen and oxygen atoms in total. The quantitative estimate of drug-likeness (QED) is 0.438. The number of carboxylic acid groups (broad SMARTS) is 1. The second-order valence-electron chi connectivity index (χ2n) is 6.60. The van der Waals surface area contributed by atoms with E-state index >= 15 is 0 Å². The van der Waals surface area contributed by atoms with E-state index < -0.39 is 23.8 Å². The van der Waals surface area contributed by atoms with Gasteiger partial charge in [-0.1, -0.05) is 28.1 Å². The second kappa shape index (κ2) is 8.04. The molecule has 2 heterocycles. The Morgan fingerprint density at radius 3 is 2.45 bits per heavy atom. The molecular formula is C22H14BrN3O5. The topological polar surface area (TPSA) is 109 Å². The summed E-state index contributed by atoms with van der Waals surface area (Å²) in [6.07, 6.45) is 3.04. The van der Waals surface area contributed by atoms with Gasteiger partial charge in [0.15, 0.2) is 0 Å². The number of anilines is 1. The Bertz CT molecular complexity index is 1280. The third-order valence-corrected chi connectivity index (χ3v) is 5.11. The number of hydrogen-bond donors (Lipinski definition) is 2. The number of amides is 4. The highest BCUT2D eigenvalue weighted by Crippen LogP contribution is 2.25. The molecule has 0 atom stereocenters. The van der Waals surface area contributed by atoms with Crippen LogP contribution in [-0.2, 0) is 9.59 Å². The fourth-order valence-electron chi connectivity index (χ4n) is 3.19. The molecule has 0 spiro atoms. The first-order valence-corrected chi connectivity index (χ1v) is 9.82. The van der Waals surface area contributed by atoms with Gasteiger partial charge in [-0.3, -0.25) is 14.9 Å². The number of aromatic nitrogens is 1. The molecule has 4 amide bonds. The maximum atomic E-state index is 13.0. The molecule has 154 valence electrons. The number of barbiturate groups is 1. The second-order valence-corrected chi connectivity index (χ2v) is 7.51. The van der Waals surface area contributed by atoms with Crippen LogP contribution in [0, 0.1) is 0 Å².